The van der Waals surface area contributed by atoms with Crippen LogP contribution in [0.15, 0.2) is 54.9 Å². The van der Waals surface area contributed by atoms with Crippen LogP contribution in [0.4, 0.5) is 29.9 Å². The van der Waals surface area contributed by atoms with Crippen molar-refractivity contribution >= 4 is 39.9 Å². The highest BCUT2D eigenvalue weighted by Crippen LogP contribution is 2.37. The number of fused-ring (bicyclic) bond motifs is 1. The quantitative estimate of drug-likeness (QED) is 0.234. The molecule has 3 heterocycles. The molecule has 1 aliphatic carbocycles. The van der Waals surface area contributed by atoms with Crippen molar-refractivity contribution in [3.8, 4) is 10.4 Å². The van der Waals surface area contributed by atoms with Crippen molar-refractivity contribution in [1.82, 2.24) is 20.3 Å². The number of carbonyl (C=O) groups is 2. The van der Waals surface area contributed by atoms with Crippen LogP contribution in [0, 0.1) is 12.8 Å². The first kappa shape index (κ1) is 28.8. The van der Waals surface area contributed by atoms with Crippen molar-refractivity contribution in [2.45, 2.75) is 58.3 Å². The molecule has 1 aliphatic heterocycles. The number of nitrogens with one attached hydrogen (secondary N) is 2. The standard InChI is InChI=1S/C31H29F3N6O2S/c1-18-11-22(14-23(12-18)38-29-35-10-9-26(39-29)31(32,33)34)25-16-37-30(43-25)40(28(42)20-5-3-2-4-6-20)17-19-7-8-21-15-36-27(41)24(21)13-19/h7-14,16,20H,2-6,15,17H2,1H3,(H,36,41)(H,35,38,39). The van der Waals surface area contributed by atoms with Crippen molar-refractivity contribution in [2.24, 2.45) is 5.92 Å². The maximum absolute atomic E-state index is 13.9. The molecule has 0 spiro atoms. The second kappa shape index (κ2) is 11.8. The highest BCUT2D eigenvalue weighted by Gasteiger charge is 2.33. The van der Waals surface area contributed by atoms with Crippen molar-refractivity contribution < 1.29 is 22.8 Å². The number of benzene rings is 2. The molecule has 4 aromatic rings. The van der Waals surface area contributed by atoms with E-state index in [1.54, 1.807) is 23.2 Å². The number of aryl methyl sites for hydroxylation is 1. The number of amides is 2. The molecule has 2 amide bonds. The topological polar surface area (TPSA) is 100 Å². The lowest BCUT2D eigenvalue weighted by atomic mass is 9.88. The van der Waals surface area contributed by atoms with Crippen LogP contribution in [0.5, 0.6) is 0 Å². The number of carbonyl (C=O) groups excluding carboxylic acids is 2. The van der Waals surface area contributed by atoms with E-state index in [-0.39, 0.29) is 30.2 Å². The van der Waals surface area contributed by atoms with Gasteiger partial charge in [-0.05, 0) is 66.3 Å². The normalized spacial score (nSPS) is 15.2. The Labute approximate surface area is 250 Å². The maximum Gasteiger partial charge on any atom is 0.433 e. The summed E-state index contributed by atoms with van der Waals surface area (Å²) < 4.78 is 39.4. The van der Waals surface area contributed by atoms with Gasteiger partial charge >= 0.3 is 6.18 Å². The smallest absolute Gasteiger partial charge is 0.348 e. The number of halogens is 3. The molecule has 6 rings (SSSR count). The van der Waals surface area contributed by atoms with Crippen LogP contribution in [0.3, 0.4) is 0 Å². The van der Waals surface area contributed by atoms with Crippen molar-refractivity contribution in [1.29, 1.82) is 0 Å². The van der Waals surface area contributed by atoms with E-state index in [0.29, 0.717) is 22.9 Å². The summed E-state index contributed by atoms with van der Waals surface area (Å²) in [5, 5.41) is 6.26. The maximum atomic E-state index is 13.9. The van der Waals surface area contributed by atoms with Gasteiger partial charge in [0.1, 0.15) is 5.69 Å². The molecule has 2 N–H and O–H groups in total. The van der Waals surface area contributed by atoms with E-state index in [2.05, 4.69) is 25.6 Å². The molecule has 2 aliphatic rings. The number of nitrogens with zero attached hydrogens (tertiary/aromatic N) is 4. The minimum atomic E-state index is -4.58. The number of alkyl halides is 3. The molecule has 2 aromatic heterocycles. The molecule has 1 fully saturated rings. The zero-order valence-corrected chi connectivity index (χ0v) is 24.2. The number of aromatic nitrogens is 3. The molecule has 2 aromatic carbocycles. The van der Waals surface area contributed by atoms with E-state index < -0.39 is 11.9 Å². The average Bonchev–Trinajstić information content (AvgIpc) is 3.63. The summed E-state index contributed by atoms with van der Waals surface area (Å²) in [6.45, 7) is 2.67. The Bertz CT molecular complexity index is 1680. The van der Waals surface area contributed by atoms with E-state index in [0.717, 1.165) is 71.5 Å². The van der Waals surface area contributed by atoms with Crippen molar-refractivity contribution in [2.75, 3.05) is 10.2 Å². The van der Waals surface area contributed by atoms with Gasteiger partial charge in [-0.2, -0.15) is 13.2 Å². The van der Waals surface area contributed by atoms with Crippen LogP contribution < -0.4 is 15.5 Å². The zero-order chi connectivity index (χ0) is 30.1. The number of anilines is 3. The third-order valence-corrected chi connectivity index (χ3v) is 8.78. The van der Waals surface area contributed by atoms with Gasteiger partial charge in [0.05, 0.1) is 11.4 Å². The Hall–Kier alpha value is -4.32. The molecule has 222 valence electrons. The minimum absolute atomic E-state index is 0.0267. The first-order valence-corrected chi connectivity index (χ1v) is 14.9. The molecule has 0 bridgehead atoms. The number of rotatable bonds is 7. The van der Waals surface area contributed by atoms with Crippen molar-refractivity contribution in [3.05, 3.63) is 82.8 Å². The van der Waals surface area contributed by atoms with Gasteiger partial charge in [0, 0.05) is 36.1 Å². The fourth-order valence-electron chi connectivity index (χ4n) is 5.58. The molecule has 43 heavy (non-hydrogen) atoms. The lowest BCUT2D eigenvalue weighted by molar-refractivity contribution is -0.141. The molecule has 0 atom stereocenters. The second-order valence-electron chi connectivity index (χ2n) is 10.9. The predicted molar refractivity (Wildman–Crippen MR) is 158 cm³/mol. The van der Waals surface area contributed by atoms with Crippen LogP contribution in [-0.4, -0.2) is 26.8 Å². The Kier molecular flexibility index (Phi) is 7.87. The highest BCUT2D eigenvalue weighted by atomic mass is 32.1. The Morgan fingerprint density at radius 3 is 2.70 bits per heavy atom. The number of hydrogen-bond acceptors (Lipinski definition) is 7. The molecule has 0 radical (unpaired) electrons. The lowest BCUT2D eigenvalue weighted by Crippen LogP contribution is -2.36. The van der Waals surface area contributed by atoms with Gasteiger partial charge in [-0.25, -0.2) is 15.0 Å². The first-order chi connectivity index (χ1) is 20.6. The summed E-state index contributed by atoms with van der Waals surface area (Å²) in [6.07, 6.45) is 3.02. The van der Waals surface area contributed by atoms with Gasteiger partial charge in [0.15, 0.2) is 5.13 Å². The molecule has 8 nitrogen and oxygen atoms in total. The van der Waals surface area contributed by atoms with Crippen LogP contribution in [0.25, 0.3) is 10.4 Å². The van der Waals surface area contributed by atoms with E-state index in [4.69, 9.17) is 0 Å². The summed E-state index contributed by atoms with van der Waals surface area (Å²) in [5.41, 5.74) is 3.57. The first-order valence-electron chi connectivity index (χ1n) is 14.1. The summed E-state index contributed by atoms with van der Waals surface area (Å²) in [4.78, 5) is 40.9. The molecule has 12 heteroatoms. The fraction of sp³-hybridized carbons (Fsp3) is 0.323. The van der Waals surface area contributed by atoms with E-state index in [1.165, 1.54) is 11.3 Å². The molecule has 0 saturated heterocycles. The molecule has 0 unspecified atom stereocenters. The Morgan fingerprint density at radius 2 is 1.91 bits per heavy atom. The van der Waals surface area contributed by atoms with Gasteiger partial charge in [0.2, 0.25) is 11.9 Å². The third kappa shape index (κ3) is 6.38. The summed E-state index contributed by atoms with van der Waals surface area (Å²) in [7, 11) is 0. The lowest BCUT2D eigenvalue weighted by Gasteiger charge is -2.28. The van der Waals surface area contributed by atoms with Crippen LogP contribution in [0.2, 0.25) is 0 Å². The van der Waals surface area contributed by atoms with Gasteiger partial charge < -0.3 is 10.6 Å². The summed E-state index contributed by atoms with van der Waals surface area (Å²) in [6, 6.07) is 12.1. The number of hydrogen-bond donors (Lipinski definition) is 2. The third-order valence-electron chi connectivity index (χ3n) is 7.71. The number of thiazole rings is 1. The largest absolute Gasteiger partial charge is 0.433 e. The SMILES string of the molecule is Cc1cc(Nc2nccc(C(F)(F)F)n2)cc(-c2cnc(N(Cc3ccc4c(c3)C(=O)NC4)C(=O)C3CCCCC3)s2)c1. The van der Waals surface area contributed by atoms with Crippen LogP contribution in [0.1, 0.15) is 64.8 Å². The monoisotopic (exact) mass is 606 g/mol. The Morgan fingerprint density at radius 1 is 1.09 bits per heavy atom. The van der Waals surface area contributed by atoms with E-state index in [1.807, 2.05) is 31.2 Å². The molecular weight excluding hydrogens is 577 g/mol. The summed E-state index contributed by atoms with van der Waals surface area (Å²) in [5.74, 6) is -0.332. The van der Waals surface area contributed by atoms with Crippen molar-refractivity contribution in [3.63, 3.8) is 0 Å². The van der Waals surface area contributed by atoms with Crippen LogP contribution >= 0.6 is 11.3 Å². The summed E-state index contributed by atoms with van der Waals surface area (Å²) >= 11 is 1.37. The van der Waals surface area contributed by atoms with E-state index in [9.17, 15) is 22.8 Å². The van der Waals surface area contributed by atoms with Crippen LogP contribution in [-0.2, 0) is 24.1 Å². The minimum Gasteiger partial charge on any atom is -0.348 e. The van der Waals surface area contributed by atoms with E-state index >= 15 is 0 Å². The zero-order valence-electron chi connectivity index (χ0n) is 23.4. The van der Waals surface area contributed by atoms with Gasteiger partial charge in [-0.3, -0.25) is 14.5 Å². The van der Waals surface area contributed by atoms with Gasteiger partial charge in [-0.15, -0.1) is 0 Å². The predicted octanol–water partition coefficient (Wildman–Crippen LogP) is 7.03. The molecular formula is C31H29F3N6O2S. The average molecular weight is 607 g/mol. The van der Waals surface area contributed by atoms with Gasteiger partial charge in [-0.1, -0.05) is 48.8 Å². The molecule has 1 saturated carbocycles. The Balaban J connectivity index is 1.29. The fourth-order valence-corrected chi connectivity index (χ4v) is 6.49. The second-order valence-corrected chi connectivity index (χ2v) is 11.9. The van der Waals surface area contributed by atoms with Gasteiger partial charge in [0.25, 0.3) is 5.91 Å². The highest BCUT2D eigenvalue weighted by molar-refractivity contribution is 7.19.